The standard InChI is InChI=1S/C23H25N3O5/c1-4-15(2)18-12-8-9-13-19(18)24-21(28)16(3)30-20(27)14-26-23(29)31-22(25-26)17-10-6-5-7-11-17/h5-13,15-16H,4,14H2,1-3H3,(H,24,28)/t15-,16-/m1/s1. The first-order chi connectivity index (χ1) is 14.9. The van der Waals surface area contributed by atoms with Crippen molar-refractivity contribution in [2.45, 2.75) is 45.8 Å². The maximum Gasteiger partial charge on any atom is 0.437 e. The van der Waals surface area contributed by atoms with Crippen LogP contribution in [0.3, 0.4) is 0 Å². The van der Waals surface area contributed by atoms with Gasteiger partial charge >= 0.3 is 11.7 Å². The Kier molecular flexibility index (Phi) is 7.02. The summed E-state index contributed by atoms with van der Waals surface area (Å²) in [5.41, 5.74) is 2.31. The SMILES string of the molecule is CC[C@@H](C)c1ccccc1NC(=O)[C@@H](C)OC(=O)Cn1nc(-c2ccccc2)oc1=O. The first kappa shape index (κ1) is 22.0. The fourth-order valence-corrected chi connectivity index (χ4v) is 3.01. The first-order valence-corrected chi connectivity index (χ1v) is 10.1. The topological polar surface area (TPSA) is 103 Å². The van der Waals surface area contributed by atoms with Crippen LogP contribution in [0.5, 0.6) is 0 Å². The molecule has 0 aliphatic heterocycles. The number of nitrogens with one attached hydrogen (secondary N) is 1. The van der Waals surface area contributed by atoms with Crippen LogP contribution in [-0.4, -0.2) is 27.8 Å². The number of anilines is 1. The molecule has 0 bridgehead atoms. The number of esters is 1. The number of carbonyl (C=O) groups is 2. The summed E-state index contributed by atoms with van der Waals surface area (Å²) in [6, 6.07) is 16.4. The zero-order valence-electron chi connectivity index (χ0n) is 17.7. The van der Waals surface area contributed by atoms with Crippen LogP contribution in [0.1, 0.15) is 38.7 Å². The van der Waals surface area contributed by atoms with Crippen molar-refractivity contribution in [1.29, 1.82) is 0 Å². The van der Waals surface area contributed by atoms with E-state index in [1.807, 2.05) is 30.3 Å². The molecule has 2 atom stereocenters. The molecule has 3 aromatic rings. The largest absolute Gasteiger partial charge is 0.451 e. The van der Waals surface area contributed by atoms with Crippen LogP contribution >= 0.6 is 0 Å². The molecule has 1 amide bonds. The van der Waals surface area contributed by atoms with Gasteiger partial charge in [-0.15, -0.1) is 5.10 Å². The van der Waals surface area contributed by atoms with E-state index in [0.717, 1.165) is 16.7 Å². The molecular formula is C23H25N3O5. The first-order valence-electron chi connectivity index (χ1n) is 10.1. The second kappa shape index (κ2) is 9.88. The summed E-state index contributed by atoms with van der Waals surface area (Å²) in [5, 5.41) is 6.83. The summed E-state index contributed by atoms with van der Waals surface area (Å²) in [4.78, 5) is 36.8. The number of rotatable bonds is 8. The number of ether oxygens (including phenoxy) is 1. The van der Waals surface area contributed by atoms with Crippen LogP contribution in [0.4, 0.5) is 5.69 Å². The molecule has 0 spiro atoms. The van der Waals surface area contributed by atoms with Gasteiger partial charge in [0, 0.05) is 11.3 Å². The molecule has 162 valence electrons. The highest BCUT2D eigenvalue weighted by atomic mass is 16.5. The molecule has 0 aliphatic rings. The Morgan fingerprint density at radius 3 is 2.48 bits per heavy atom. The fraction of sp³-hybridized carbons (Fsp3) is 0.304. The van der Waals surface area contributed by atoms with Gasteiger partial charge in [-0.3, -0.25) is 9.59 Å². The number of hydrogen-bond donors (Lipinski definition) is 1. The normalized spacial score (nSPS) is 12.7. The van der Waals surface area contributed by atoms with E-state index in [9.17, 15) is 14.4 Å². The van der Waals surface area contributed by atoms with Crippen LogP contribution in [0.15, 0.2) is 63.8 Å². The number of nitrogens with zero attached hydrogens (tertiary/aromatic N) is 2. The van der Waals surface area contributed by atoms with Gasteiger partial charge in [0.05, 0.1) is 0 Å². The average Bonchev–Trinajstić information content (AvgIpc) is 3.14. The molecule has 31 heavy (non-hydrogen) atoms. The maximum atomic E-state index is 12.5. The van der Waals surface area contributed by atoms with Gasteiger partial charge in [0.1, 0.15) is 6.54 Å². The Labute approximate surface area is 179 Å². The molecule has 1 N–H and O–H groups in total. The molecule has 3 rings (SSSR count). The lowest BCUT2D eigenvalue weighted by molar-refractivity contribution is -0.154. The summed E-state index contributed by atoms with van der Waals surface area (Å²) in [6.45, 7) is 5.16. The highest BCUT2D eigenvalue weighted by Gasteiger charge is 2.21. The van der Waals surface area contributed by atoms with Crippen LogP contribution in [-0.2, 0) is 20.9 Å². The van der Waals surface area contributed by atoms with Gasteiger partial charge in [-0.1, -0.05) is 50.2 Å². The van der Waals surface area contributed by atoms with Crippen molar-refractivity contribution < 1.29 is 18.7 Å². The summed E-state index contributed by atoms with van der Waals surface area (Å²) >= 11 is 0. The molecule has 8 heteroatoms. The zero-order chi connectivity index (χ0) is 22.4. The van der Waals surface area contributed by atoms with E-state index in [4.69, 9.17) is 9.15 Å². The number of aromatic nitrogens is 2. The van der Waals surface area contributed by atoms with E-state index in [-0.39, 0.29) is 11.8 Å². The van der Waals surface area contributed by atoms with Crippen molar-refractivity contribution in [3.63, 3.8) is 0 Å². The van der Waals surface area contributed by atoms with Crippen LogP contribution in [0.25, 0.3) is 11.5 Å². The minimum absolute atomic E-state index is 0.103. The number of hydrogen-bond acceptors (Lipinski definition) is 6. The van der Waals surface area contributed by atoms with Gasteiger partial charge < -0.3 is 14.5 Å². The van der Waals surface area contributed by atoms with Gasteiger partial charge in [0.25, 0.3) is 5.91 Å². The molecule has 1 heterocycles. The van der Waals surface area contributed by atoms with Gasteiger partial charge in [-0.05, 0) is 43.0 Å². The number of carbonyl (C=O) groups excluding carboxylic acids is 2. The van der Waals surface area contributed by atoms with Gasteiger partial charge in [-0.25, -0.2) is 4.79 Å². The second-order valence-corrected chi connectivity index (χ2v) is 7.21. The lowest BCUT2D eigenvalue weighted by Crippen LogP contribution is -2.32. The van der Waals surface area contributed by atoms with Gasteiger partial charge in [-0.2, -0.15) is 4.68 Å². The Morgan fingerprint density at radius 1 is 1.10 bits per heavy atom. The average molecular weight is 423 g/mol. The zero-order valence-corrected chi connectivity index (χ0v) is 17.7. The Morgan fingerprint density at radius 2 is 1.77 bits per heavy atom. The quantitative estimate of drug-likeness (QED) is 0.556. The van der Waals surface area contributed by atoms with Crippen molar-refractivity contribution >= 4 is 17.6 Å². The predicted octanol–water partition coefficient (Wildman–Crippen LogP) is 3.59. The lowest BCUT2D eigenvalue weighted by atomic mass is 9.97. The molecule has 0 saturated heterocycles. The molecule has 2 aromatic carbocycles. The van der Waals surface area contributed by atoms with Crippen LogP contribution in [0, 0.1) is 0 Å². The van der Waals surface area contributed by atoms with Gasteiger partial charge in [0.2, 0.25) is 5.89 Å². The van der Waals surface area contributed by atoms with Crippen LogP contribution in [0.2, 0.25) is 0 Å². The molecule has 0 unspecified atom stereocenters. The van der Waals surface area contributed by atoms with E-state index in [1.165, 1.54) is 6.92 Å². The smallest absolute Gasteiger partial charge is 0.437 e. The molecule has 0 radical (unpaired) electrons. The molecule has 8 nitrogen and oxygen atoms in total. The fourth-order valence-electron chi connectivity index (χ4n) is 3.01. The summed E-state index contributed by atoms with van der Waals surface area (Å²) in [7, 11) is 0. The molecule has 0 saturated carbocycles. The van der Waals surface area contributed by atoms with Gasteiger partial charge in [0.15, 0.2) is 6.10 Å². The Bertz CT molecular complexity index is 1100. The summed E-state index contributed by atoms with van der Waals surface area (Å²) in [6.07, 6.45) is -0.122. The highest BCUT2D eigenvalue weighted by molar-refractivity contribution is 5.95. The van der Waals surface area contributed by atoms with E-state index in [2.05, 4.69) is 24.3 Å². The van der Waals surface area contributed by atoms with Crippen molar-refractivity contribution in [3.8, 4) is 11.5 Å². The van der Waals surface area contributed by atoms with Crippen molar-refractivity contribution in [3.05, 3.63) is 70.7 Å². The Hall–Kier alpha value is -3.68. The van der Waals surface area contributed by atoms with Crippen molar-refractivity contribution in [2.75, 3.05) is 5.32 Å². The van der Waals surface area contributed by atoms with Crippen molar-refractivity contribution in [1.82, 2.24) is 9.78 Å². The Balaban J connectivity index is 1.62. The highest BCUT2D eigenvalue weighted by Crippen LogP contribution is 2.26. The minimum atomic E-state index is -1.05. The third kappa shape index (κ3) is 5.48. The third-order valence-corrected chi connectivity index (χ3v) is 4.95. The van der Waals surface area contributed by atoms with Crippen molar-refractivity contribution in [2.24, 2.45) is 0 Å². The third-order valence-electron chi connectivity index (χ3n) is 4.95. The van der Waals surface area contributed by atoms with E-state index < -0.39 is 30.3 Å². The molecule has 0 aliphatic carbocycles. The number of benzene rings is 2. The number of para-hydroxylation sites is 1. The second-order valence-electron chi connectivity index (χ2n) is 7.21. The van der Waals surface area contributed by atoms with E-state index >= 15 is 0 Å². The number of amides is 1. The molecule has 1 aromatic heterocycles. The summed E-state index contributed by atoms with van der Waals surface area (Å²) in [5.74, 6) is -1.64. The molecule has 0 fully saturated rings. The van der Waals surface area contributed by atoms with E-state index in [0.29, 0.717) is 11.3 Å². The molecular weight excluding hydrogens is 398 g/mol. The van der Waals surface area contributed by atoms with E-state index in [1.54, 1.807) is 24.3 Å². The maximum absolute atomic E-state index is 12.5. The minimum Gasteiger partial charge on any atom is -0.451 e. The summed E-state index contributed by atoms with van der Waals surface area (Å²) < 4.78 is 11.1. The monoisotopic (exact) mass is 423 g/mol. The predicted molar refractivity (Wildman–Crippen MR) is 116 cm³/mol. The van der Waals surface area contributed by atoms with Crippen LogP contribution < -0.4 is 11.1 Å². The lowest BCUT2D eigenvalue weighted by Gasteiger charge is -2.18.